The molecule has 0 saturated carbocycles. The van der Waals surface area contributed by atoms with Gasteiger partial charge in [0.25, 0.3) is 0 Å². The molecular formula is C16H11FN2OS. The number of nitrogens with zero attached hydrogens (tertiary/aromatic N) is 1. The molecular weight excluding hydrogens is 287 g/mol. The summed E-state index contributed by atoms with van der Waals surface area (Å²) < 4.78 is 18.8. The Labute approximate surface area is 126 Å². The summed E-state index contributed by atoms with van der Waals surface area (Å²) in [6, 6.07) is 13.3. The first kappa shape index (κ1) is 13.5. The largest absolute Gasteiger partial charge is 0.456 e. The van der Waals surface area contributed by atoms with Crippen molar-refractivity contribution < 1.29 is 9.13 Å². The highest BCUT2D eigenvalue weighted by Crippen LogP contribution is 2.32. The molecule has 2 aromatic carbocycles. The summed E-state index contributed by atoms with van der Waals surface area (Å²) in [5, 5.41) is 0.798. The second-order valence-corrected chi connectivity index (χ2v) is 4.88. The smallest absolute Gasteiger partial charge is 0.148 e. The Morgan fingerprint density at radius 1 is 1.10 bits per heavy atom. The van der Waals surface area contributed by atoms with E-state index in [4.69, 9.17) is 22.7 Å². The number of nitrogens with two attached hydrogens (primary N) is 1. The van der Waals surface area contributed by atoms with Crippen molar-refractivity contribution in [3.8, 4) is 11.5 Å². The second kappa shape index (κ2) is 5.46. The standard InChI is InChI=1S/C16H11FN2OS/c17-10-5-7-11(8-6-10)20-15-12-3-1-2-4-14(12)19-9-13(15)16(18)21/h1-9H,(H2,18,21). The minimum Gasteiger partial charge on any atom is -0.456 e. The molecule has 0 aliphatic heterocycles. The number of para-hydroxylation sites is 1. The lowest BCUT2D eigenvalue weighted by molar-refractivity contribution is 0.485. The molecule has 21 heavy (non-hydrogen) atoms. The van der Waals surface area contributed by atoms with Crippen LogP contribution < -0.4 is 10.5 Å². The number of hydrogen-bond donors (Lipinski definition) is 1. The van der Waals surface area contributed by atoms with Crippen molar-refractivity contribution in [2.75, 3.05) is 0 Å². The van der Waals surface area contributed by atoms with Crippen molar-refractivity contribution in [3.05, 3.63) is 66.1 Å². The van der Waals surface area contributed by atoms with Gasteiger partial charge in [-0.15, -0.1) is 0 Å². The average Bonchev–Trinajstić information content (AvgIpc) is 2.49. The van der Waals surface area contributed by atoms with E-state index in [0.29, 0.717) is 17.1 Å². The zero-order chi connectivity index (χ0) is 14.8. The number of hydrogen-bond acceptors (Lipinski definition) is 3. The first-order valence-electron chi connectivity index (χ1n) is 6.26. The molecule has 5 heteroatoms. The van der Waals surface area contributed by atoms with E-state index in [-0.39, 0.29) is 10.8 Å². The van der Waals surface area contributed by atoms with Crippen molar-refractivity contribution >= 4 is 28.1 Å². The van der Waals surface area contributed by atoms with Gasteiger partial charge in [0.05, 0.1) is 11.1 Å². The Hall–Kier alpha value is -2.53. The summed E-state index contributed by atoms with van der Waals surface area (Å²) in [6.07, 6.45) is 1.59. The highest BCUT2D eigenvalue weighted by molar-refractivity contribution is 7.80. The SMILES string of the molecule is NC(=S)c1cnc2ccccc2c1Oc1ccc(F)cc1. The third-order valence-electron chi connectivity index (χ3n) is 3.03. The fourth-order valence-electron chi connectivity index (χ4n) is 2.02. The van der Waals surface area contributed by atoms with Crippen molar-refractivity contribution in [1.29, 1.82) is 0 Å². The van der Waals surface area contributed by atoms with Crippen LogP contribution >= 0.6 is 12.2 Å². The maximum absolute atomic E-state index is 13.0. The summed E-state index contributed by atoms with van der Waals surface area (Å²) in [5.74, 6) is 0.710. The maximum atomic E-state index is 13.0. The fourth-order valence-corrected chi connectivity index (χ4v) is 2.17. The monoisotopic (exact) mass is 298 g/mol. The maximum Gasteiger partial charge on any atom is 0.148 e. The number of halogens is 1. The van der Waals surface area contributed by atoms with Crippen LogP contribution in [0.4, 0.5) is 4.39 Å². The van der Waals surface area contributed by atoms with Gasteiger partial charge in [-0.05, 0) is 36.4 Å². The molecule has 0 atom stereocenters. The van der Waals surface area contributed by atoms with Crippen LogP contribution in [0.15, 0.2) is 54.7 Å². The van der Waals surface area contributed by atoms with Crippen LogP contribution in [-0.2, 0) is 0 Å². The zero-order valence-corrected chi connectivity index (χ0v) is 11.7. The van der Waals surface area contributed by atoms with E-state index in [9.17, 15) is 4.39 Å². The highest BCUT2D eigenvalue weighted by atomic mass is 32.1. The molecule has 0 amide bonds. The van der Waals surface area contributed by atoms with E-state index >= 15 is 0 Å². The van der Waals surface area contributed by atoms with Crippen molar-refractivity contribution in [1.82, 2.24) is 4.98 Å². The van der Waals surface area contributed by atoms with Gasteiger partial charge in [-0.1, -0.05) is 24.4 Å². The fraction of sp³-hybridized carbons (Fsp3) is 0. The Bertz CT molecular complexity index is 818. The van der Waals surface area contributed by atoms with Gasteiger partial charge in [0.2, 0.25) is 0 Å². The Morgan fingerprint density at radius 2 is 1.81 bits per heavy atom. The van der Waals surface area contributed by atoms with Crippen LogP contribution in [0.1, 0.15) is 5.56 Å². The lowest BCUT2D eigenvalue weighted by Gasteiger charge is -2.12. The highest BCUT2D eigenvalue weighted by Gasteiger charge is 2.13. The van der Waals surface area contributed by atoms with Crippen LogP contribution in [0.5, 0.6) is 11.5 Å². The molecule has 0 fully saturated rings. The number of aromatic nitrogens is 1. The third kappa shape index (κ3) is 2.68. The van der Waals surface area contributed by atoms with E-state index in [1.54, 1.807) is 18.3 Å². The van der Waals surface area contributed by atoms with Crippen LogP contribution in [0, 0.1) is 5.82 Å². The molecule has 3 aromatic rings. The number of benzene rings is 2. The van der Waals surface area contributed by atoms with Gasteiger partial charge >= 0.3 is 0 Å². The van der Waals surface area contributed by atoms with E-state index in [1.807, 2.05) is 24.3 Å². The number of thiocarbonyl (C=S) groups is 1. The molecule has 3 rings (SSSR count). The number of rotatable bonds is 3. The van der Waals surface area contributed by atoms with Crippen molar-refractivity contribution in [3.63, 3.8) is 0 Å². The summed E-state index contributed by atoms with van der Waals surface area (Å²) in [5.41, 5.74) is 7.06. The Balaban J connectivity index is 2.16. The molecule has 0 unspecified atom stereocenters. The molecule has 0 aliphatic carbocycles. The minimum absolute atomic E-state index is 0.199. The van der Waals surface area contributed by atoms with E-state index in [2.05, 4.69) is 4.98 Å². The topological polar surface area (TPSA) is 48.1 Å². The molecule has 0 aliphatic rings. The van der Waals surface area contributed by atoms with Gasteiger partial charge in [-0.2, -0.15) is 0 Å². The lowest BCUT2D eigenvalue weighted by Crippen LogP contribution is -2.11. The number of ether oxygens (including phenoxy) is 1. The van der Waals surface area contributed by atoms with E-state index in [0.717, 1.165) is 10.9 Å². The third-order valence-corrected chi connectivity index (χ3v) is 3.24. The van der Waals surface area contributed by atoms with E-state index in [1.165, 1.54) is 12.1 Å². The van der Waals surface area contributed by atoms with Gasteiger partial charge in [-0.3, -0.25) is 4.98 Å². The van der Waals surface area contributed by atoms with Crippen LogP contribution in [0.2, 0.25) is 0 Å². The first-order valence-corrected chi connectivity index (χ1v) is 6.67. The van der Waals surface area contributed by atoms with Crippen molar-refractivity contribution in [2.24, 2.45) is 5.73 Å². The molecule has 1 aromatic heterocycles. The van der Waals surface area contributed by atoms with Crippen LogP contribution in [0.25, 0.3) is 10.9 Å². The molecule has 0 saturated heterocycles. The van der Waals surface area contributed by atoms with Gasteiger partial charge in [0, 0.05) is 11.6 Å². The summed E-state index contributed by atoms with van der Waals surface area (Å²) in [7, 11) is 0. The van der Waals surface area contributed by atoms with E-state index < -0.39 is 0 Å². The molecule has 2 N–H and O–H groups in total. The van der Waals surface area contributed by atoms with Crippen LogP contribution in [-0.4, -0.2) is 9.97 Å². The normalized spacial score (nSPS) is 10.5. The zero-order valence-electron chi connectivity index (χ0n) is 10.9. The molecule has 104 valence electrons. The van der Waals surface area contributed by atoms with Gasteiger partial charge in [0.1, 0.15) is 22.3 Å². The van der Waals surface area contributed by atoms with Gasteiger partial charge in [0.15, 0.2) is 0 Å². The number of pyridine rings is 1. The average molecular weight is 298 g/mol. The second-order valence-electron chi connectivity index (χ2n) is 4.44. The number of fused-ring (bicyclic) bond motifs is 1. The van der Waals surface area contributed by atoms with Gasteiger partial charge in [-0.25, -0.2) is 4.39 Å². The quantitative estimate of drug-likeness (QED) is 0.747. The molecule has 0 radical (unpaired) electrons. The Morgan fingerprint density at radius 3 is 2.52 bits per heavy atom. The molecule has 3 nitrogen and oxygen atoms in total. The Kier molecular flexibility index (Phi) is 3.50. The summed E-state index contributed by atoms with van der Waals surface area (Å²) in [4.78, 5) is 4.51. The first-order chi connectivity index (χ1) is 10.1. The van der Waals surface area contributed by atoms with Crippen LogP contribution in [0.3, 0.4) is 0 Å². The molecule has 1 heterocycles. The predicted molar refractivity (Wildman–Crippen MR) is 84.1 cm³/mol. The molecule has 0 spiro atoms. The van der Waals surface area contributed by atoms with Crippen molar-refractivity contribution in [2.45, 2.75) is 0 Å². The van der Waals surface area contributed by atoms with Gasteiger partial charge < -0.3 is 10.5 Å². The summed E-state index contributed by atoms with van der Waals surface area (Å²) >= 11 is 5.05. The lowest BCUT2D eigenvalue weighted by atomic mass is 10.1. The summed E-state index contributed by atoms with van der Waals surface area (Å²) in [6.45, 7) is 0. The minimum atomic E-state index is -0.323. The predicted octanol–water partition coefficient (Wildman–Crippen LogP) is 3.80. The molecule has 0 bridgehead atoms.